The fourth-order valence-electron chi connectivity index (χ4n) is 2.60. The van der Waals surface area contributed by atoms with E-state index < -0.39 is 21.3 Å². The Hall–Kier alpha value is -1.16. The number of halogens is 1. The molecule has 0 saturated carbocycles. The summed E-state index contributed by atoms with van der Waals surface area (Å²) < 4.78 is 28.7. The normalized spacial score (nSPS) is 19.7. The predicted molar refractivity (Wildman–Crippen MR) is 84.8 cm³/mol. The molecule has 2 heterocycles. The minimum atomic E-state index is -3.96. The smallest absolute Gasteiger partial charge is 0.329 e. The maximum absolute atomic E-state index is 12.7. The molecule has 2 rings (SSSR count). The zero-order valence-corrected chi connectivity index (χ0v) is 14.2. The Morgan fingerprint density at radius 1 is 1.27 bits per heavy atom. The molecule has 0 aromatic carbocycles. The minimum Gasteiger partial charge on any atom is -0.329 e. The van der Waals surface area contributed by atoms with E-state index in [1.807, 2.05) is 0 Å². The lowest BCUT2D eigenvalue weighted by Gasteiger charge is -2.33. The number of rotatable bonds is 3. The fraction of sp³-hybridized carbons (Fsp3) is 0.667. The molecule has 22 heavy (non-hydrogen) atoms. The van der Waals surface area contributed by atoms with Crippen LogP contribution in [0.3, 0.4) is 0 Å². The van der Waals surface area contributed by atoms with Crippen molar-refractivity contribution in [2.24, 2.45) is 19.8 Å². The van der Waals surface area contributed by atoms with Gasteiger partial charge in [0, 0.05) is 39.4 Å². The van der Waals surface area contributed by atoms with Gasteiger partial charge >= 0.3 is 5.69 Å². The van der Waals surface area contributed by atoms with E-state index in [1.54, 1.807) is 0 Å². The van der Waals surface area contributed by atoms with Crippen LogP contribution in [0.5, 0.6) is 0 Å². The quantitative estimate of drug-likeness (QED) is 0.751. The molecule has 8 nitrogen and oxygen atoms in total. The average Bonchev–Trinajstić information content (AvgIpc) is 2.48. The van der Waals surface area contributed by atoms with Crippen LogP contribution in [-0.2, 0) is 24.1 Å². The highest BCUT2D eigenvalue weighted by Crippen LogP contribution is 2.22. The highest BCUT2D eigenvalue weighted by Gasteiger charge is 2.35. The molecule has 1 aromatic rings. The van der Waals surface area contributed by atoms with Gasteiger partial charge in [-0.1, -0.05) is 6.42 Å². The molecule has 1 fully saturated rings. The number of nitrogens with zero attached hydrogens (tertiary/aromatic N) is 3. The van der Waals surface area contributed by atoms with E-state index in [2.05, 4.69) is 0 Å². The van der Waals surface area contributed by atoms with Crippen LogP contribution in [0.4, 0.5) is 0 Å². The summed E-state index contributed by atoms with van der Waals surface area (Å²) in [6.07, 6.45) is 3.42. The third kappa shape index (κ3) is 3.12. The predicted octanol–water partition coefficient (Wildman–Crippen LogP) is -0.992. The summed E-state index contributed by atoms with van der Waals surface area (Å²) in [6.45, 7) is 0.557. The van der Waals surface area contributed by atoms with E-state index in [0.29, 0.717) is 13.0 Å². The monoisotopic (exact) mass is 352 g/mol. The van der Waals surface area contributed by atoms with Crippen LogP contribution in [0.15, 0.2) is 20.7 Å². The molecule has 126 valence electrons. The summed E-state index contributed by atoms with van der Waals surface area (Å²) in [6, 6.07) is -0.300. The summed E-state index contributed by atoms with van der Waals surface area (Å²) in [5.74, 6) is 0. The topological polar surface area (TPSA) is 107 Å². The Morgan fingerprint density at radius 2 is 1.91 bits per heavy atom. The summed E-state index contributed by atoms with van der Waals surface area (Å²) in [7, 11) is -1.28. The van der Waals surface area contributed by atoms with Gasteiger partial charge < -0.3 is 10.3 Å². The molecule has 1 aliphatic rings. The van der Waals surface area contributed by atoms with E-state index in [4.69, 9.17) is 5.73 Å². The van der Waals surface area contributed by atoms with Gasteiger partial charge in [0.15, 0.2) is 4.90 Å². The van der Waals surface area contributed by atoms with Crippen LogP contribution in [-0.4, -0.2) is 41.0 Å². The van der Waals surface area contributed by atoms with Gasteiger partial charge in [-0.15, -0.1) is 12.4 Å². The Labute approximate surface area is 135 Å². The number of sulfonamides is 1. The number of piperidine rings is 1. The molecule has 2 N–H and O–H groups in total. The van der Waals surface area contributed by atoms with Crippen LogP contribution in [0.2, 0.25) is 0 Å². The Kier molecular flexibility index (Phi) is 5.96. The fourth-order valence-corrected chi connectivity index (χ4v) is 4.46. The van der Waals surface area contributed by atoms with Crippen LogP contribution in [0.25, 0.3) is 0 Å². The van der Waals surface area contributed by atoms with Crippen molar-refractivity contribution in [1.82, 2.24) is 13.4 Å². The van der Waals surface area contributed by atoms with Gasteiger partial charge in [0.1, 0.15) is 0 Å². The molecular weight excluding hydrogens is 332 g/mol. The van der Waals surface area contributed by atoms with E-state index in [0.717, 1.165) is 28.2 Å². The second-order valence-electron chi connectivity index (χ2n) is 5.25. The van der Waals surface area contributed by atoms with Crippen molar-refractivity contribution in [1.29, 1.82) is 0 Å². The summed E-state index contributed by atoms with van der Waals surface area (Å²) in [5, 5.41) is 0. The van der Waals surface area contributed by atoms with E-state index in [1.165, 1.54) is 18.4 Å². The zero-order chi connectivity index (χ0) is 15.8. The number of aryl methyl sites for hydroxylation is 1. The molecule has 10 heteroatoms. The van der Waals surface area contributed by atoms with Crippen molar-refractivity contribution >= 4 is 22.4 Å². The standard InChI is InChI=1S/C12H20N4O4S.ClH/c1-14-8-10(11(17)15(2)12(14)18)21(19,20)16-6-4-3-5-9(16)7-13;/h8-9H,3-7,13H2,1-2H3;1H. The first kappa shape index (κ1) is 18.9. The number of nitrogens with two attached hydrogens (primary N) is 1. The number of aromatic nitrogens is 2. The molecule has 1 saturated heterocycles. The zero-order valence-electron chi connectivity index (χ0n) is 12.6. The molecule has 0 aliphatic carbocycles. The molecular formula is C12H21ClN4O4S. The van der Waals surface area contributed by atoms with Crippen LogP contribution in [0.1, 0.15) is 19.3 Å². The van der Waals surface area contributed by atoms with E-state index >= 15 is 0 Å². The Bertz CT molecular complexity index is 755. The van der Waals surface area contributed by atoms with Crippen molar-refractivity contribution in [2.75, 3.05) is 13.1 Å². The molecule has 1 unspecified atom stereocenters. The molecule has 0 amide bonds. The second kappa shape index (κ2) is 6.95. The lowest BCUT2D eigenvalue weighted by Crippen LogP contribution is -2.50. The summed E-state index contributed by atoms with van der Waals surface area (Å²) >= 11 is 0. The third-order valence-corrected chi connectivity index (χ3v) is 5.78. The van der Waals surface area contributed by atoms with Crippen LogP contribution in [0, 0.1) is 0 Å². The van der Waals surface area contributed by atoms with Gasteiger partial charge in [0.05, 0.1) is 0 Å². The first-order valence-electron chi connectivity index (χ1n) is 6.79. The second-order valence-corrected chi connectivity index (χ2v) is 7.11. The molecule has 0 spiro atoms. The van der Waals surface area contributed by atoms with Gasteiger partial charge in [0.2, 0.25) is 10.0 Å². The van der Waals surface area contributed by atoms with E-state index in [9.17, 15) is 18.0 Å². The first-order valence-corrected chi connectivity index (χ1v) is 8.23. The highest BCUT2D eigenvalue weighted by molar-refractivity contribution is 7.89. The van der Waals surface area contributed by atoms with Crippen molar-refractivity contribution in [2.45, 2.75) is 30.2 Å². The van der Waals surface area contributed by atoms with Gasteiger partial charge in [0.25, 0.3) is 5.56 Å². The van der Waals surface area contributed by atoms with Crippen molar-refractivity contribution in [3.8, 4) is 0 Å². The average molecular weight is 353 g/mol. The largest absolute Gasteiger partial charge is 0.330 e. The highest BCUT2D eigenvalue weighted by atomic mass is 35.5. The third-order valence-electron chi connectivity index (χ3n) is 3.85. The summed E-state index contributed by atoms with van der Waals surface area (Å²) in [5.41, 5.74) is 4.28. The van der Waals surface area contributed by atoms with E-state index in [-0.39, 0.29) is 29.9 Å². The van der Waals surface area contributed by atoms with Crippen LogP contribution >= 0.6 is 12.4 Å². The van der Waals surface area contributed by atoms with Crippen molar-refractivity contribution < 1.29 is 8.42 Å². The minimum absolute atomic E-state index is 0. The van der Waals surface area contributed by atoms with Gasteiger partial charge in [-0.25, -0.2) is 13.2 Å². The number of hydrogen-bond acceptors (Lipinski definition) is 5. The van der Waals surface area contributed by atoms with Gasteiger partial charge in [-0.3, -0.25) is 9.36 Å². The maximum Gasteiger partial charge on any atom is 0.330 e. The molecule has 0 bridgehead atoms. The number of hydrogen-bond donors (Lipinski definition) is 1. The molecule has 1 atom stereocenters. The Morgan fingerprint density at radius 3 is 2.50 bits per heavy atom. The van der Waals surface area contributed by atoms with Gasteiger partial charge in [-0.2, -0.15) is 4.31 Å². The Balaban J connectivity index is 0.00000242. The SMILES string of the molecule is Cl.Cn1cc(S(=O)(=O)N2CCCCC2CN)c(=O)n(C)c1=O. The van der Waals surface area contributed by atoms with Crippen LogP contribution < -0.4 is 17.0 Å². The molecule has 1 aromatic heterocycles. The lowest BCUT2D eigenvalue weighted by molar-refractivity contribution is 0.257. The molecule has 0 radical (unpaired) electrons. The first-order chi connectivity index (χ1) is 9.80. The van der Waals surface area contributed by atoms with Crippen molar-refractivity contribution in [3.05, 3.63) is 27.0 Å². The lowest BCUT2D eigenvalue weighted by atomic mass is 10.1. The molecule has 1 aliphatic heterocycles. The van der Waals surface area contributed by atoms with Gasteiger partial charge in [-0.05, 0) is 12.8 Å². The van der Waals surface area contributed by atoms with Crippen molar-refractivity contribution in [3.63, 3.8) is 0 Å². The summed E-state index contributed by atoms with van der Waals surface area (Å²) in [4.78, 5) is 23.4. The maximum atomic E-state index is 12.7.